The first-order valence-electron chi connectivity index (χ1n) is 4.59. The molecule has 0 saturated heterocycles. The maximum atomic E-state index is 6.04. The molecule has 0 aliphatic rings. The molecule has 0 bridgehead atoms. The van der Waals surface area contributed by atoms with E-state index in [9.17, 15) is 0 Å². The Hall–Kier alpha value is -0.480. The number of nitrogens with one attached hydrogen (secondary N) is 1. The molecule has 1 aromatic heterocycles. The van der Waals surface area contributed by atoms with Gasteiger partial charge in [0.05, 0.1) is 15.1 Å². The van der Waals surface area contributed by atoms with Gasteiger partial charge in [-0.15, -0.1) is 0 Å². The highest BCUT2D eigenvalue weighted by Gasteiger charge is 2.04. The monoisotopic (exact) mass is 350 g/mol. The number of aromatic nitrogens is 1. The van der Waals surface area contributed by atoms with E-state index in [-0.39, 0.29) is 0 Å². The standard InChI is InChI=1S/C11H6BrCl3N2/c12-6-3-10(15)11(16-5-6)17-7-1-2-8(13)9(14)4-7/h1-5H,(H,16,17). The van der Waals surface area contributed by atoms with Crippen molar-refractivity contribution in [3.63, 3.8) is 0 Å². The number of rotatable bonds is 2. The Morgan fingerprint density at radius 2 is 1.76 bits per heavy atom. The summed E-state index contributed by atoms with van der Waals surface area (Å²) in [4.78, 5) is 4.16. The number of benzene rings is 1. The van der Waals surface area contributed by atoms with E-state index in [1.807, 2.05) is 0 Å². The molecule has 88 valence electrons. The maximum absolute atomic E-state index is 6.04. The largest absolute Gasteiger partial charge is 0.339 e. The quantitative estimate of drug-likeness (QED) is 0.767. The minimum absolute atomic E-state index is 0.477. The van der Waals surface area contributed by atoms with Gasteiger partial charge in [0.2, 0.25) is 0 Å². The molecule has 2 rings (SSSR count). The lowest BCUT2D eigenvalue weighted by molar-refractivity contribution is 1.29. The van der Waals surface area contributed by atoms with Crippen LogP contribution in [0.4, 0.5) is 11.5 Å². The lowest BCUT2D eigenvalue weighted by Gasteiger charge is -2.08. The third kappa shape index (κ3) is 3.26. The molecule has 1 heterocycles. The molecule has 0 saturated carbocycles. The van der Waals surface area contributed by atoms with Crippen LogP contribution in [0.3, 0.4) is 0 Å². The Bertz CT molecular complexity index is 560. The molecule has 2 aromatic rings. The predicted molar refractivity (Wildman–Crippen MR) is 76.7 cm³/mol. The van der Waals surface area contributed by atoms with Crippen LogP contribution in [-0.2, 0) is 0 Å². The molecule has 1 aromatic carbocycles. The Balaban J connectivity index is 2.28. The van der Waals surface area contributed by atoms with Crippen LogP contribution in [-0.4, -0.2) is 4.98 Å². The van der Waals surface area contributed by atoms with Crippen molar-refractivity contribution in [1.29, 1.82) is 0 Å². The Morgan fingerprint density at radius 3 is 2.41 bits per heavy atom. The molecule has 0 amide bonds. The van der Waals surface area contributed by atoms with E-state index in [1.165, 1.54) is 0 Å². The molecule has 2 nitrogen and oxygen atoms in total. The fourth-order valence-corrected chi connectivity index (χ4v) is 2.19. The van der Waals surface area contributed by atoms with Gasteiger partial charge in [0.15, 0.2) is 0 Å². The number of hydrogen-bond acceptors (Lipinski definition) is 2. The summed E-state index contributed by atoms with van der Waals surface area (Å²) < 4.78 is 0.821. The SMILES string of the molecule is Clc1ccc(Nc2ncc(Br)cc2Cl)cc1Cl. The summed E-state index contributed by atoms with van der Waals surface area (Å²) in [6.07, 6.45) is 1.66. The predicted octanol–water partition coefficient (Wildman–Crippen LogP) is 5.55. The molecule has 6 heteroatoms. The normalized spacial score (nSPS) is 10.4. The van der Waals surface area contributed by atoms with Crippen LogP contribution in [0.1, 0.15) is 0 Å². The lowest BCUT2D eigenvalue weighted by atomic mass is 10.3. The molecule has 0 aliphatic carbocycles. The highest BCUT2D eigenvalue weighted by molar-refractivity contribution is 9.10. The van der Waals surface area contributed by atoms with Gasteiger partial charge in [0.1, 0.15) is 5.82 Å². The van der Waals surface area contributed by atoms with E-state index < -0.39 is 0 Å². The average Bonchev–Trinajstić information content (AvgIpc) is 2.27. The van der Waals surface area contributed by atoms with Gasteiger partial charge in [-0.05, 0) is 40.2 Å². The van der Waals surface area contributed by atoms with Crippen molar-refractivity contribution in [3.05, 3.63) is 50.0 Å². The van der Waals surface area contributed by atoms with Gasteiger partial charge >= 0.3 is 0 Å². The van der Waals surface area contributed by atoms with Crippen LogP contribution in [0.5, 0.6) is 0 Å². The Labute approximate surface area is 122 Å². The highest BCUT2D eigenvalue weighted by atomic mass is 79.9. The minimum Gasteiger partial charge on any atom is -0.339 e. The summed E-state index contributed by atoms with van der Waals surface area (Å²) in [6, 6.07) is 6.98. The molecule has 0 unspecified atom stereocenters. The van der Waals surface area contributed by atoms with Crippen molar-refractivity contribution in [3.8, 4) is 0 Å². The maximum Gasteiger partial charge on any atom is 0.149 e. The fourth-order valence-electron chi connectivity index (χ4n) is 1.22. The summed E-state index contributed by atoms with van der Waals surface area (Å²) in [5.74, 6) is 0.563. The third-order valence-electron chi connectivity index (χ3n) is 1.99. The lowest BCUT2D eigenvalue weighted by Crippen LogP contribution is -1.94. The first-order valence-corrected chi connectivity index (χ1v) is 6.52. The second-order valence-electron chi connectivity index (χ2n) is 3.24. The summed E-state index contributed by atoms with van der Waals surface area (Å²) in [7, 11) is 0. The zero-order valence-corrected chi connectivity index (χ0v) is 12.2. The van der Waals surface area contributed by atoms with Gasteiger partial charge in [0.25, 0.3) is 0 Å². The number of hydrogen-bond donors (Lipinski definition) is 1. The minimum atomic E-state index is 0.477. The van der Waals surface area contributed by atoms with Gasteiger partial charge in [0, 0.05) is 16.4 Å². The van der Waals surface area contributed by atoms with E-state index in [1.54, 1.807) is 30.5 Å². The summed E-state index contributed by atoms with van der Waals surface area (Å²) in [5, 5.41) is 4.56. The van der Waals surface area contributed by atoms with Gasteiger partial charge in [-0.2, -0.15) is 0 Å². The van der Waals surface area contributed by atoms with Crippen molar-refractivity contribution in [1.82, 2.24) is 4.98 Å². The summed E-state index contributed by atoms with van der Waals surface area (Å²) in [6.45, 7) is 0. The van der Waals surface area contributed by atoms with Crippen molar-refractivity contribution >= 4 is 62.2 Å². The van der Waals surface area contributed by atoms with E-state index in [0.29, 0.717) is 20.9 Å². The second kappa shape index (κ2) is 5.44. The topological polar surface area (TPSA) is 24.9 Å². The van der Waals surface area contributed by atoms with Crippen LogP contribution in [0, 0.1) is 0 Å². The zero-order valence-electron chi connectivity index (χ0n) is 8.35. The van der Waals surface area contributed by atoms with Gasteiger partial charge in [-0.25, -0.2) is 4.98 Å². The van der Waals surface area contributed by atoms with Crippen LogP contribution >= 0.6 is 50.7 Å². The molecule has 0 spiro atoms. The molecule has 0 atom stereocenters. The second-order valence-corrected chi connectivity index (χ2v) is 5.38. The van der Waals surface area contributed by atoms with Crippen LogP contribution in [0.15, 0.2) is 34.9 Å². The van der Waals surface area contributed by atoms with E-state index >= 15 is 0 Å². The van der Waals surface area contributed by atoms with Gasteiger partial charge in [-0.1, -0.05) is 34.8 Å². The molecular formula is C11H6BrCl3N2. The van der Waals surface area contributed by atoms with Crippen molar-refractivity contribution in [2.45, 2.75) is 0 Å². The first kappa shape index (κ1) is 13.0. The molecule has 17 heavy (non-hydrogen) atoms. The third-order valence-corrected chi connectivity index (χ3v) is 3.45. The molecular weight excluding hydrogens is 346 g/mol. The number of nitrogens with zero attached hydrogens (tertiary/aromatic N) is 1. The van der Waals surface area contributed by atoms with Crippen LogP contribution < -0.4 is 5.32 Å². The Morgan fingerprint density at radius 1 is 1.00 bits per heavy atom. The van der Waals surface area contributed by atoms with Crippen LogP contribution in [0.2, 0.25) is 15.1 Å². The molecule has 0 aliphatic heterocycles. The average molecular weight is 352 g/mol. The van der Waals surface area contributed by atoms with E-state index in [2.05, 4.69) is 26.2 Å². The molecule has 1 N–H and O–H groups in total. The summed E-state index contributed by atoms with van der Waals surface area (Å²) >= 11 is 21.1. The van der Waals surface area contributed by atoms with Crippen LogP contribution in [0.25, 0.3) is 0 Å². The Kier molecular flexibility index (Phi) is 4.15. The first-order chi connectivity index (χ1) is 8.06. The van der Waals surface area contributed by atoms with Crippen molar-refractivity contribution < 1.29 is 0 Å². The molecule has 0 radical (unpaired) electrons. The zero-order chi connectivity index (χ0) is 12.4. The highest BCUT2D eigenvalue weighted by Crippen LogP contribution is 2.29. The number of pyridine rings is 1. The summed E-state index contributed by atoms with van der Waals surface area (Å²) in [5.41, 5.74) is 0.774. The van der Waals surface area contributed by atoms with Gasteiger partial charge < -0.3 is 5.32 Å². The smallest absolute Gasteiger partial charge is 0.149 e. The number of halogens is 4. The van der Waals surface area contributed by atoms with E-state index in [0.717, 1.165) is 10.2 Å². The van der Waals surface area contributed by atoms with Crippen molar-refractivity contribution in [2.24, 2.45) is 0 Å². The molecule has 0 fully saturated rings. The van der Waals surface area contributed by atoms with Crippen molar-refractivity contribution in [2.75, 3.05) is 5.32 Å². The van der Waals surface area contributed by atoms with Gasteiger partial charge in [-0.3, -0.25) is 0 Å². The fraction of sp³-hybridized carbons (Fsp3) is 0. The number of anilines is 2. The van der Waals surface area contributed by atoms with E-state index in [4.69, 9.17) is 34.8 Å².